The van der Waals surface area contributed by atoms with Gasteiger partial charge in [0.25, 0.3) is 0 Å². The molecule has 168 valence electrons. The first-order valence-corrected chi connectivity index (χ1v) is 11.0. The molecule has 0 aliphatic rings. The van der Waals surface area contributed by atoms with Crippen LogP contribution in [0.2, 0.25) is 0 Å². The largest absolute Gasteiger partial charge is 0.399 e. The van der Waals surface area contributed by atoms with Crippen molar-refractivity contribution in [1.29, 1.82) is 0 Å². The maximum Gasteiger partial charge on any atom is 0.0970 e. The molecule has 4 aromatic heterocycles. The lowest BCUT2D eigenvalue weighted by Gasteiger charge is -2.17. The summed E-state index contributed by atoms with van der Waals surface area (Å²) in [5.74, 6) is -0.154. The van der Waals surface area contributed by atoms with Crippen LogP contribution < -0.4 is 5.73 Å². The van der Waals surface area contributed by atoms with Gasteiger partial charge in [-0.15, -0.1) is 0 Å². The van der Waals surface area contributed by atoms with Crippen molar-refractivity contribution >= 4 is 27.6 Å². The van der Waals surface area contributed by atoms with E-state index in [1.54, 1.807) is 11.0 Å². The number of hydrogen-bond acceptors (Lipinski definition) is 5. The second-order valence-electron chi connectivity index (χ2n) is 8.74. The van der Waals surface area contributed by atoms with Crippen LogP contribution in [-0.4, -0.2) is 33.9 Å². The van der Waals surface area contributed by atoms with Gasteiger partial charge >= 0.3 is 0 Å². The number of nitrogens with two attached hydrogens (primary N) is 1. The van der Waals surface area contributed by atoms with Crippen LogP contribution >= 0.6 is 0 Å². The SMILES string of the molecule is Cn1cc([C@@H](c2cnc3cc(N)cc(-c4ccc5ccn(C)c5c4)c3n2)c2cncn2C)cn1. The summed E-state index contributed by atoms with van der Waals surface area (Å²) in [4.78, 5) is 14.3. The molecule has 0 radical (unpaired) electrons. The lowest BCUT2D eigenvalue weighted by Crippen LogP contribution is -2.10. The third kappa shape index (κ3) is 3.23. The Bertz CT molecular complexity index is 1670. The summed E-state index contributed by atoms with van der Waals surface area (Å²) in [5.41, 5.74) is 14.6. The lowest BCUT2D eigenvalue weighted by molar-refractivity contribution is 0.759. The van der Waals surface area contributed by atoms with Gasteiger partial charge in [0.05, 0.1) is 47.1 Å². The van der Waals surface area contributed by atoms with E-state index in [-0.39, 0.29) is 5.92 Å². The third-order valence-corrected chi connectivity index (χ3v) is 6.39. The maximum absolute atomic E-state index is 6.28. The lowest BCUT2D eigenvalue weighted by atomic mass is 9.95. The minimum Gasteiger partial charge on any atom is -0.399 e. The van der Waals surface area contributed by atoms with Crippen LogP contribution in [0.4, 0.5) is 5.69 Å². The monoisotopic (exact) mass is 448 g/mol. The van der Waals surface area contributed by atoms with Crippen molar-refractivity contribution in [2.24, 2.45) is 21.1 Å². The molecule has 34 heavy (non-hydrogen) atoms. The fourth-order valence-corrected chi connectivity index (χ4v) is 4.67. The van der Waals surface area contributed by atoms with Gasteiger partial charge in [0.15, 0.2) is 0 Å². The second-order valence-corrected chi connectivity index (χ2v) is 8.74. The Morgan fingerprint density at radius 1 is 0.941 bits per heavy atom. The van der Waals surface area contributed by atoms with Crippen molar-refractivity contribution in [2.75, 3.05) is 5.73 Å². The molecule has 2 aromatic carbocycles. The fourth-order valence-electron chi connectivity index (χ4n) is 4.67. The topological polar surface area (TPSA) is 92.4 Å². The molecule has 0 aliphatic carbocycles. The smallest absolute Gasteiger partial charge is 0.0970 e. The minimum absolute atomic E-state index is 0.154. The van der Waals surface area contributed by atoms with Crippen molar-refractivity contribution in [3.05, 3.63) is 90.7 Å². The van der Waals surface area contributed by atoms with E-state index in [1.807, 2.05) is 62.6 Å². The molecule has 0 saturated carbocycles. The molecule has 4 heterocycles. The molecule has 8 nitrogen and oxygen atoms in total. The number of imidazole rings is 1. The van der Waals surface area contributed by atoms with E-state index in [0.717, 1.165) is 44.6 Å². The number of aromatic nitrogens is 7. The molecule has 0 fully saturated rings. The van der Waals surface area contributed by atoms with Crippen LogP contribution in [0.5, 0.6) is 0 Å². The fraction of sp³-hybridized carbons (Fsp3) is 0.154. The molecule has 6 rings (SSSR count). The summed E-state index contributed by atoms with van der Waals surface area (Å²) >= 11 is 0. The third-order valence-electron chi connectivity index (χ3n) is 6.39. The van der Waals surface area contributed by atoms with Crippen molar-refractivity contribution in [3.8, 4) is 11.1 Å². The van der Waals surface area contributed by atoms with Gasteiger partial charge in [0.2, 0.25) is 0 Å². The standard InChI is InChI=1S/C26H24N8/c1-32-7-6-16-4-5-17(8-23(16)32)20-9-19(27)10-21-26(20)31-22(12-29-21)25(18-11-30-34(3)14-18)24-13-28-15-33(24)2/h4-15,25H,27H2,1-3H3/t25-/m0/s1. The van der Waals surface area contributed by atoms with Crippen molar-refractivity contribution in [3.63, 3.8) is 0 Å². The Morgan fingerprint density at radius 3 is 2.59 bits per heavy atom. The quantitative estimate of drug-likeness (QED) is 0.411. The zero-order valence-corrected chi connectivity index (χ0v) is 19.2. The van der Waals surface area contributed by atoms with Gasteiger partial charge in [-0.1, -0.05) is 12.1 Å². The highest BCUT2D eigenvalue weighted by Crippen LogP contribution is 2.35. The second kappa shape index (κ2) is 7.55. The number of fused-ring (bicyclic) bond motifs is 2. The maximum atomic E-state index is 6.28. The molecule has 1 atom stereocenters. The van der Waals surface area contributed by atoms with Gasteiger partial charge in [-0.3, -0.25) is 9.67 Å². The molecule has 2 N–H and O–H groups in total. The van der Waals surface area contributed by atoms with Gasteiger partial charge in [-0.25, -0.2) is 9.97 Å². The summed E-state index contributed by atoms with van der Waals surface area (Å²) in [6.45, 7) is 0. The van der Waals surface area contributed by atoms with Crippen LogP contribution in [0.15, 0.2) is 73.7 Å². The first kappa shape index (κ1) is 20.2. The molecule has 8 heteroatoms. The zero-order valence-electron chi connectivity index (χ0n) is 19.2. The van der Waals surface area contributed by atoms with Crippen molar-refractivity contribution in [1.82, 2.24) is 33.9 Å². The van der Waals surface area contributed by atoms with E-state index in [0.29, 0.717) is 5.69 Å². The summed E-state index contributed by atoms with van der Waals surface area (Å²) in [6.07, 6.45) is 11.4. The number of nitrogens with zero attached hydrogens (tertiary/aromatic N) is 7. The molecule has 0 bridgehead atoms. The summed E-state index contributed by atoms with van der Waals surface area (Å²) in [6, 6.07) is 12.4. The van der Waals surface area contributed by atoms with Crippen LogP contribution in [0.3, 0.4) is 0 Å². The first-order valence-electron chi connectivity index (χ1n) is 11.0. The van der Waals surface area contributed by atoms with Gasteiger partial charge in [0.1, 0.15) is 0 Å². The zero-order chi connectivity index (χ0) is 23.4. The number of rotatable bonds is 4. The normalized spacial score (nSPS) is 12.6. The molecule has 0 spiro atoms. The van der Waals surface area contributed by atoms with Gasteiger partial charge in [-0.2, -0.15) is 5.10 Å². The predicted octanol–water partition coefficient (Wildman–Crippen LogP) is 4.02. The van der Waals surface area contributed by atoms with Crippen molar-refractivity contribution in [2.45, 2.75) is 5.92 Å². The summed E-state index contributed by atoms with van der Waals surface area (Å²) in [7, 11) is 5.95. The Morgan fingerprint density at radius 2 is 1.82 bits per heavy atom. The Kier molecular flexibility index (Phi) is 4.48. The van der Waals surface area contributed by atoms with Crippen LogP contribution in [0.25, 0.3) is 33.1 Å². The predicted molar refractivity (Wildman–Crippen MR) is 133 cm³/mol. The van der Waals surface area contributed by atoms with Crippen LogP contribution in [0.1, 0.15) is 22.9 Å². The number of nitrogen functional groups attached to an aromatic ring is 1. The van der Waals surface area contributed by atoms with E-state index in [4.69, 9.17) is 15.7 Å². The Balaban J connectivity index is 1.59. The van der Waals surface area contributed by atoms with E-state index in [9.17, 15) is 0 Å². The van der Waals surface area contributed by atoms with E-state index >= 15 is 0 Å². The Hall–Kier alpha value is -4.46. The molecular weight excluding hydrogens is 424 g/mol. The van der Waals surface area contributed by atoms with Gasteiger partial charge < -0.3 is 14.9 Å². The van der Waals surface area contributed by atoms with Gasteiger partial charge in [0, 0.05) is 62.1 Å². The molecule has 0 saturated heterocycles. The van der Waals surface area contributed by atoms with Crippen molar-refractivity contribution < 1.29 is 0 Å². The molecule has 0 unspecified atom stereocenters. The molecule has 0 aliphatic heterocycles. The molecular formula is C26H24N8. The van der Waals surface area contributed by atoms with E-state index < -0.39 is 0 Å². The van der Waals surface area contributed by atoms with Crippen LogP contribution in [-0.2, 0) is 21.1 Å². The Labute approximate surface area is 196 Å². The number of aryl methyl sites for hydroxylation is 3. The van der Waals surface area contributed by atoms with E-state index in [1.165, 1.54) is 5.39 Å². The number of anilines is 1. The average molecular weight is 449 g/mol. The van der Waals surface area contributed by atoms with Gasteiger partial charge in [-0.05, 0) is 35.2 Å². The summed E-state index contributed by atoms with van der Waals surface area (Å²) in [5, 5.41) is 5.59. The minimum atomic E-state index is -0.154. The highest BCUT2D eigenvalue weighted by atomic mass is 15.2. The highest BCUT2D eigenvalue weighted by molar-refractivity contribution is 5.97. The molecule has 6 aromatic rings. The summed E-state index contributed by atoms with van der Waals surface area (Å²) < 4.78 is 5.93. The highest BCUT2D eigenvalue weighted by Gasteiger charge is 2.24. The number of hydrogen-bond donors (Lipinski definition) is 1. The van der Waals surface area contributed by atoms with Crippen LogP contribution in [0, 0.1) is 0 Å². The number of benzene rings is 2. The molecule has 0 amide bonds. The first-order chi connectivity index (χ1) is 16.5. The average Bonchev–Trinajstić information content (AvgIpc) is 3.55. The van der Waals surface area contributed by atoms with E-state index in [2.05, 4.69) is 45.1 Å².